The monoisotopic (exact) mass is 366 g/mol. The fourth-order valence-corrected chi connectivity index (χ4v) is 2.40. The quantitative estimate of drug-likeness (QED) is 0.859. The van der Waals surface area contributed by atoms with Crippen molar-refractivity contribution in [1.29, 1.82) is 0 Å². The van der Waals surface area contributed by atoms with Crippen LogP contribution in [0.5, 0.6) is 0 Å². The summed E-state index contributed by atoms with van der Waals surface area (Å²) in [6.45, 7) is 4.87. The van der Waals surface area contributed by atoms with E-state index in [0.29, 0.717) is 31.9 Å². The number of methoxy groups -OCH3 is 1. The first-order valence-electron chi connectivity index (χ1n) is 8.31. The minimum atomic E-state index is -0.580. The molecule has 26 heavy (non-hydrogen) atoms. The van der Waals surface area contributed by atoms with E-state index in [9.17, 15) is 18.8 Å². The van der Waals surface area contributed by atoms with Crippen LogP contribution in [0.1, 0.15) is 13.8 Å². The van der Waals surface area contributed by atoms with E-state index in [4.69, 9.17) is 0 Å². The van der Waals surface area contributed by atoms with Gasteiger partial charge in [-0.25, -0.2) is 14.0 Å². The second-order valence-corrected chi connectivity index (χ2v) is 6.21. The van der Waals surface area contributed by atoms with E-state index in [1.807, 2.05) is 0 Å². The van der Waals surface area contributed by atoms with Crippen molar-refractivity contribution in [3.05, 3.63) is 24.0 Å². The lowest BCUT2D eigenvalue weighted by atomic mass is 10.2. The fourth-order valence-electron chi connectivity index (χ4n) is 2.40. The maximum Gasteiger partial charge on any atom is 0.409 e. The lowest BCUT2D eigenvalue weighted by molar-refractivity contribution is -0.118. The van der Waals surface area contributed by atoms with Crippen molar-refractivity contribution in [3.63, 3.8) is 0 Å². The van der Waals surface area contributed by atoms with Crippen LogP contribution in [0.15, 0.2) is 18.2 Å². The lowest BCUT2D eigenvalue weighted by Gasteiger charge is -2.33. The van der Waals surface area contributed by atoms with Crippen LogP contribution in [0.3, 0.4) is 0 Å². The molecule has 0 aliphatic carbocycles. The number of ether oxygens (including phenoxy) is 1. The van der Waals surface area contributed by atoms with Gasteiger partial charge < -0.3 is 25.2 Å². The summed E-state index contributed by atoms with van der Waals surface area (Å²) in [5.41, 5.74) is 0.378. The van der Waals surface area contributed by atoms with Crippen molar-refractivity contribution >= 4 is 29.4 Å². The summed E-state index contributed by atoms with van der Waals surface area (Å²) in [5, 5.41) is 5.16. The Morgan fingerprint density at radius 2 is 1.69 bits per heavy atom. The molecule has 2 N–H and O–H groups in total. The molecule has 1 saturated heterocycles. The molecule has 0 aromatic heterocycles. The summed E-state index contributed by atoms with van der Waals surface area (Å²) in [6.07, 6.45) is -0.422. The van der Waals surface area contributed by atoms with Gasteiger partial charge in [0.1, 0.15) is 5.82 Å². The highest BCUT2D eigenvalue weighted by Gasteiger charge is 2.24. The van der Waals surface area contributed by atoms with Gasteiger partial charge in [-0.3, -0.25) is 4.79 Å². The van der Waals surface area contributed by atoms with Crippen LogP contribution < -0.4 is 10.6 Å². The molecular weight excluding hydrogens is 343 g/mol. The summed E-state index contributed by atoms with van der Waals surface area (Å²) in [7, 11) is 1.31. The van der Waals surface area contributed by atoms with Gasteiger partial charge in [0.25, 0.3) is 0 Å². The molecule has 142 valence electrons. The van der Waals surface area contributed by atoms with Crippen molar-refractivity contribution < 1.29 is 23.5 Å². The topological polar surface area (TPSA) is 91.0 Å². The predicted octanol–water partition coefficient (Wildman–Crippen LogP) is 2.34. The van der Waals surface area contributed by atoms with E-state index in [1.165, 1.54) is 30.2 Å². The highest BCUT2D eigenvalue weighted by Crippen LogP contribution is 2.21. The van der Waals surface area contributed by atoms with E-state index in [-0.39, 0.29) is 23.5 Å². The molecule has 8 nitrogen and oxygen atoms in total. The van der Waals surface area contributed by atoms with Crippen molar-refractivity contribution in [2.24, 2.45) is 5.92 Å². The molecule has 1 aliphatic rings. The second-order valence-electron chi connectivity index (χ2n) is 6.21. The van der Waals surface area contributed by atoms with Crippen LogP contribution in [-0.4, -0.2) is 61.1 Å². The Morgan fingerprint density at radius 3 is 2.27 bits per heavy atom. The largest absolute Gasteiger partial charge is 0.453 e. The molecule has 0 spiro atoms. The number of carbonyl (C=O) groups is 3. The predicted molar refractivity (Wildman–Crippen MR) is 94.4 cm³/mol. The zero-order chi connectivity index (χ0) is 19.3. The summed E-state index contributed by atoms with van der Waals surface area (Å²) < 4.78 is 18.5. The third-order valence-electron chi connectivity index (χ3n) is 4.00. The van der Waals surface area contributed by atoms with E-state index in [0.717, 1.165) is 0 Å². The van der Waals surface area contributed by atoms with Crippen molar-refractivity contribution in [1.82, 2.24) is 9.80 Å². The number of hydrogen-bond acceptors (Lipinski definition) is 4. The second kappa shape index (κ2) is 8.50. The molecule has 0 bridgehead atoms. The van der Waals surface area contributed by atoms with Crippen molar-refractivity contribution in [2.45, 2.75) is 13.8 Å². The number of benzene rings is 1. The first kappa shape index (κ1) is 19.5. The van der Waals surface area contributed by atoms with Crippen molar-refractivity contribution in [3.8, 4) is 0 Å². The number of urea groups is 1. The fraction of sp³-hybridized carbons (Fsp3) is 0.471. The third kappa shape index (κ3) is 4.84. The van der Waals surface area contributed by atoms with Gasteiger partial charge in [-0.15, -0.1) is 0 Å². The zero-order valence-electron chi connectivity index (χ0n) is 15.0. The average Bonchev–Trinajstić information content (AvgIpc) is 2.63. The van der Waals surface area contributed by atoms with Gasteiger partial charge in [0.05, 0.1) is 12.8 Å². The first-order valence-corrected chi connectivity index (χ1v) is 8.31. The number of piperazine rings is 1. The van der Waals surface area contributed by atoms with Crippen LogP contribution in [0.4, 0.5) is 25.4 Å². The van der Waals surface area contributed by atoms with Gasteiger partial charge in [0.2, 0.25) is 5.91 Å². The molecule has 0 radical (unpaired) electrons. The Bertz CT molecular complexity index is 687. The molecular formula is C17H23FN4O4. The third-order valence-corrected chi connectivity index (χ3v) is 4.00. The molecule has 1 fully saturated rings. The SMILES string of the molecule is COC(=O)N1CCN(C(=O)Nc2ccc(F)c(NC(=O)C(C)C)c2)CC1. The number of carbonyl (C=O) groups excluding carboxylic acids is 3. The number of nitrogens with one attached hydrogen (secondary N) is 2. The number of anilines is 2. The molecule has 0 unspecified atom stereocenters. The normalized spacial score (nSPS) is 14.2. The Hall–Kier alpha value is -2.84. The number of amides is 4. The Balaban J connectivity index is 1.97. The van der Waals surface area contributed by atoms with Crippen LogP contribution in [0, 0.1) is 11.7 Å². The molecule has 0 saturated carbocycles. The summed E-state index contributed by atoms with van der Waals surface area (Å²) >= 11 is 0. The molecule has 0 atom stereocenters. The van der Waals surface area contributed by atoms with E-state index >= 15 is 0 Å². The molecule has 1 aromatic rings. The van der Waals surface area contributed by atoms with Gasteiger partial charge in [0, 0.05) is 37.8 Å². The number of hydrogen-bond donors (Lipinski definition) is 2. The molecule has 1 aliphatic heterocycles. The van der Waals surface area contributed by atoms with E-state index in [1.54, 1.807) is 18.7 Å². The van der Waals surface area contributed by atoms with E-state index in [2.05, 4.69) is 15.4 Å². The molecule has 1 heterocycles. The van der Waals surface area contributed by atoms with Gasteiger partial charge in [-0.2, -0.15) is 0 Å². The van der Waals surface area contributed by atoms with Crippen LogP contribution in [-0.2, 0) is 9.53 Å². The van der Waals surface area contributed by atoms with Gasteiger partial charge in [-0.05, 0) is 18.2 Å². The van der Waals surface area contributed by atoms with Gasteiger partial charge >= 0.3 is 12.1 Å². The minimum absolute atomic E-state index is 0.0111. The highest BCUT2D eigenvalue weighted by molar-refractivity contribution is 5.94. The van der Waals surface area contributed by atoms with Crippen LogP contribution in [0.25, 0.3) is 0 Å². The zero-order valence-corrected chi connectivity index (χ0v) is 15.0. The summed E-state index contributed by atoms with van der Waals surface area (Å²) in [6, 6.07) is 3.62. The van der Waals surface area contributed by atoms with Crippen LogP contribution in [0.2, 0.25) is 0 Å². The summed E-state index contributed by atoms with van der Waals surface area (Å²) in [5.74, 6) is -1.19. The Labute approximate surface area is 151 Å². The maximum atomic E-state index is 13.9. The summed E-state index contributed by atoms with van der Waals surface area (Å²) in [4.78, 5) is 38.6. The van der Waals surface area contributed by atoms with Crippen LogP contribution >= 0.6 is 0 Å². The molecule has 1 aromatic carbocycles. The van der Waals surface area contributed by atoms with Crippen molar-refractivity contribution in [2.75, 3.05) is 43.9 Å². The first-order chi connectivity index (χ1) is 12.3. The van der Waals surface area contributed by atoms with Gasteiger partial charge in [0.15, 0.2) is 0 Å². The average molecular weight is 366 g/mol. The lowest BCUT2D eigenvalue weighted by Crippen LogP contribution is -2.51. The molecule has 9 heteroatoms. The Kier molecular flexibility index (Phi) is 6.37. The molecule has 4 amide bonds. The van der Waals surface area contributed by atoms with E-state index < -0.39 is 11.9 Å². The molecule has 2 rings (SSSR count). The number of rotatable bonds is 3. The smallest absolute Gasteiger partial charge is 0.409 e. The maximum absolute atomic E-state index is 13.9. The standard InChI is InChI=1S/C17H23FN4O4/c1-11(2)15(23)20-14-10-12(4-5-13(14)18)19-16(24)21-6-8-22(9-7-21)17(25)26-3/h4-5,10-11H,6-9H2,1-3H3,(H,19,24)(H,20,23). The minimum Gasteiger partial charge on any atom is -0.453 e. The number of halogens is 1. The number of nitrogens with zero attached hydrogens (tertiary/aromatic N) is 2. The van der Waals surface area contributed by atoms with Gasteiger partial charge in [-0.1, -0.05) is 13.8 Å². The Morgan fingerprint density at radius 1 is 1.08 bits per heavy atom. The highest BCUT2D eigenvalue weighted by atomic mass is 19.1.